The second-order valence-electron chi connectivity index (χ2n) is 8.50. The molecule has 2 aliphatic rings. The highest BCUT2D eigenvalue weighted by Gasteiger charge is 2.60. The Bertz CT molecular complexity index is 1100. The molecule has 11 heteroatoms. The van der Waals surface area contributed by atoms with Crippen molar-refractivity contribution in [2.75, 3.05) is 18.1 Å². The number of amides is 2. The van der Waals surface area contributed by atoms with Crippen LogP contribution >= 0.6 is 0 Å². The van der Waals surface area contributed by atoms with Crippen LogP contribution in [-0.4, -0.2) is 55.0 Å². The standard InChI is InChI=1S/C25H27NO10/c1-13(27)33-11-17-10-19(35-15(3)29)22(20(36-16(4)30)12-34-14(2)28)23-21(17)24(31)26(25(23)32)18-8-6-5-7-9-18/h5-10,17,20-23H,11-12H2,1-4H3/t17-,20-,21+,22+,23+/m1/s1. The summed E-state index contributed by atoms with van der Waals surface area (Å²) in [5.74, 6) is -8.08. The van der Waals surface area contributed by atoms with Crippen molar-refractivity contribution in [3.8, 4) is 0 Å². The van der Waals surface area contributed by atoms with E-state index in [2.05, 4.69) is 0 Å². The molecule has 5 atom stereocenters. The van der Waals surface area contributed by atoms with Crippen LogP contribution in [0.25, 0.3) is 0 Å². The Hall–Kier alpha value is -4.02. The normalized spacial score (nSPS) is 23.8. The predicted octanol–water partition coefficient (Wildman–Crippen LogP) is 1.54. The minimum Gasteiger partial charge on any atom is -0.465 e. The van der Waals surface area contributed by atoms with Gasteiger partial charge in [-0.2, -0.15) is 0 Å². The molecule has 1 heterocycles. The summed E-state index contributed by atoms with van der Waals surface area (Å²) in [5, 5.41) is 0. The van der Waals surface area contributed by atoms with Crippen molar-refractivity contribution in [1.29, 1.82) is 0 Å². The van der Waals surface area contributed by atoms with Gasteiger partial charge in [0.15, 0.2) is 0 Å². The average Bonchev–Trinajstić information content (AvgIpc) is 3.05. The molecule has 0 N–H and O–H groups in total. The van der Waals surface area contributed by atoms with E-state index in [1.165, 1.54) is 13.0 Å². The molecule has 0 aromatic heterocycles. The zero-order valence-electron chi connectivity index (χ0n) is 20.3. The molecule has 192 valence electrons. The van der Waals surface area contributed by atoms with E-state index >= 15 is 0 Å². The summed E-state index contributed by atoms with van der Waals surface area (Å²) in [6, 6.07) is 8.23. The fraction of sp³-hybridized carbons (Fsp3) is 0.440. The summed E-state index contributed by atoms with van der Waals surface area (Å²) in [6.07, 6.45) is 0.187. The van der Waals surface area contributed by atoms with Gasteiger partial charge < -0.3 is 18.9 Å². The van der Waals surface area contributed by atoms with E-state index in [1.807, 2.05) is 0 Å². The van der Waals surface area contributed by atoms with Gasteiger partial charge >= 0.3 is 23.9 Å². The Morgan fingerprint density at radius 2 is 1.44 bits per heavy atom. The highest BCUT2D eigenvalue weighted by molar-refractivity contribution is 6.22. The number of para-hydroxylation sites is 1. The molecule has 36 heavy (non-hydrogen) atoms. The molecule has 0 spiro atoms. The summed E-state index contributed by atoms with van der Waals surface area (Å²) in [5.41, 5.74) is 0.324. The van der Waals surface area contributed by atoms with E-state index in [0.717, 1.165) is 25.7 Å². The lowest BCUT2D eigenvalue weighted by Crippen LogP contribution is -2.46. The molecule has 0 saturated carbocycles. The first-order valence-corrected chi connectivity index (χ1v) is 11.3. The van der Waals surface area contributed by atoms with Gasteiger partial charge in [0, 0.05) is 33.6 Å². The van der Waals surface area contributed by atoms with Crippen LogP contribution in [0.1, 0.15) is 27.7 Å². The number of nitrogens with zero attached hydrogens (tertiary/aromatic N) is 1. The molecule has 1 aromatic rings. The molecule has 1 aromatic carbocycles. The molecular weight excluding hydrogens is 474 g/mol. The van der Waals surface area contributed by atoms with Crippen LogP contribution in [0.4, 0.5) is 5.69 Å². The number of ether oxygens (including phenoxy) is 4. The smallest absolute Gasteiger partial charge is 0.307 e. The quantitative estimate of drug-likeness (QED) is 0.292. The van der Waals surface area contributed by atoms with E-state index in [1.54, 1.807) is 30.3 Å². The van der Waals surface area contributed by atoms with Gasteiger partial charge in [-0.3, -0.25) is 33.7 Å². The van der Waals surface area contributed by atoms with Gasteiger partial charge in [-0.25, -0.2) is 0 Å². The number of fused-ring (bicyclic) bond motifs is 1. The van der Waals surface area contributed by atoms with E-state index < -0.39 is 72.1 Å². The molecule has 0 unspecified atom stereocenters. The van der Waals surface area contributed by atoms with Crippen molar-refractivity contribution >= 4 is 41.4 Å². The maximum atomic E-state index is 13.8. The van der Waals surface area contributed by atoms with Crippen molar-refractivity contribution in [2.45, 2.75) is 33.8 Å². The molecule has 1 aliphatic carbocycles. The average molecular weight is 501 g/mol. The van der Waals surface area contributed by atoms with Crippen LogP contribution in [0.2, 0.25) is 0 Å². The minimum atomic E-state index is -1.24. The van der Waals surface area contributed by atoms with Crippen molar-refractivity contribution in [3.63, 3.8) is 0 Å². The van der Waals surface area contributed by atoms with Gasteiger partial charge in [0.2, 0.25) is 11.8 Å². The molecule has 2 amide bonds. The first-order chi connectivity index (χ1) is 17.0. The molecule has 0 radical (unpaired) electrons. The third-order valence-corrected chi connectivity index (χ3v) is 5.88. The third-order valence-electron chi connectivity index (χ3n) is 5.88. The summed E-state index contributed by atoms with van der Waals surface area (Å²) >= 11 is 0. The number of carbonyl (C=O) groups is 6. The summed E-state index contributed by atoms with van der Waals surface area (Å²) in [7, 11) is 0. The van der Waals surface area contributed by atoms with Crippen molar-refractivity contribution < 1.29 is 47.7 Å². The van der Waals surface area contributed by atoms with Crippen LogP contribution < -0.4 is 4.90 Å². The lowest BCUT2D eigenvalue weighted by atomic mass is 9.69. The number of carbonyl (C=O) groups excluding carboxylic acids is 6. The largest absolute Gasteiger partial charge is 0.465 e. The van der Waals surface area contributed by atoms with Crippen molar-refractivity contribution in [1.82, 2.24) is 0 Å². The van der Waals surface area contributed by atoms with Gasteiger partial charge in [0.25, 0.3) is 0 Å². The molecule has 0 bridgehead atoms. The Morgan fingerprint density at radius 1 is 0.833 bits per heavy atom. The molecule has 3 rings (SSSR count). The Balaban J connectivity index is 2.15. The highest BCUT2D eigenvalue weighted by Crippen LogP contribution is 2.48. The second-order valence-corrected chi connectivity index (χ2v) is 8.50. The van der Waals surface area contributed by atoms with E-state index in [0.29, 0.717) is 5.69 Å². The second kappa shape index (κ2) is 11.1. The number of anilines is 1. The first-order valence-electron chi connectivity index (χ1n) is 11.3. The number of imide groups is 1. The van der Waals surface area contributed by atoms with E-state index in [-0.39, 0.29) is 12.4 Å². The first kappa shape index (κ1) is 26.6. The summed E-state index contributed by atoms with van der Waals surface area (Å²) in [6.45, 7) is 3.95. The maximum absolute atomic E-state index is 13.8. The Labute approximate surface area is 207 Å². The number of hydrogen-bond acceptors (Lipinski definition) is 10. The zero-order chi connectivity index (χ0) is 26.6. The number of esters is 4. The van der Waals surface area contributed by atoms with Gasteiger partial charge in [-0.15, -0.1) is 0 Å². The predicted molar refractivity (Wildman–Crippen MR) is 122 cm³/mol. The van der Waals surface area contributed by atoms with E-state index in [9.17, 15) is 28.8 Å². The molecule has 1 aliphatic heterocycles. The van der Waals surface area contributed by atoms with E-state index in [4.69, 9.17) is 18.9 Å². The van der Waals surface area contributed by atoms with Gasteiger partial charge in [0.05, 0.1) is 30.0 Å². The summed E-state index contributed by atoms with van der Waals surface area (Å²) in [4.78, 5) is 75.4. The third kappa shape index (κ3) is 5.78. The Kier molecular flexibility index (Phi) is 8.23. The maximum Gasteiger partial charge on any atom is 0.307 e. The summed E-state index contributed by atoms with van der Waals surface area (Å²) < 4.78 is 21.0. The Morgan fingerprint density at radius 3 is 2.00 bits per heavy atom. The topological polar surface area (TPSA) is 143 Å². The lowest BCUT2D eigenvalue weighted by molar-refractivity contribution is -0.164. The highest BCUT2D eigenvalue weighted by atomic mass is 16.6. The van der Waals surface area contributed by atoms with Gasteiger partial charge in [0.1, 0.15) is 18.5 Å². The van der Waals surface area contributed by atoms with Crippen molar-refractivity contribution in [3.05, 3.63) is 42.2 Å². The van der Waals surface area contributed by atoms with Crippen LogP contribution in [-0.2, 0) is 47.7 Å². The van der Waals surface area contributed by atoms with Crippen LogP contribution in [0.5, 0.6) is 0 Å². The number of rotatable bonds is 8. The van der Waals surface area contributed by atoms with Crippen LogP contribution in [0, 0.1) is 23.7 Å². The molecular formula is C25H27NO10. The zero-order valence-corrected chi connectivity index (χ0v) is 20.3. The SMILES string of the molecule is CC(=O)OC[C@H]1C=C(OC(C)=O)[C@@H]([C@@H](COC(C)=O)OC(C)=O)[C@H]2C(=O)N(c3ccccc3)C(=O)[C@H]21. The monoisotopic (exact) mass is 501 g/mol. The molecule has 1 fully saturated rings. The minimum absolute atomic E-state index is 0.0460. The fourth-order valence-corrected chi connectivity index (χ4v) is 4.65. The van der Waals surface area contributed by atoms with Gasteiger partial charge in [-0.05, 0) is 18.2 Å². The van der Waals surface area contributed by atoms with Crippen molar-refractivity contribution in [2.24, 2.45) is 23.7 Å². The number of hydrogen-bond donors (Lipinski definition) is 0. The van der Waals surface area contributed by atoms with Crippen LogP contribution in [0.15, 0.2) is 42.2 Å². The van der Waals surface area contributed by atoms with Gasteiger partial charge in [-0.1, -0.05) is 18.2 Å². The fourth-order valence-electron chi connectivity index (χ4n) is 4.65. The van der Waals surface area contributed by atoms with Crippen LogP contribution in [0.3, 0.4) is 0 Å². The lowest BCUT2D eigenvalue weighted by Gasteiger charge is -2.38. The number of benzene rings is 1. The molecule has 1 saturated heterocycles. The molecule has 11 nitrogen and oxygen atoms in total.